The minimum absolute atomic E-state index is 0.0214. The Morgan fingerprint density at radius 3 is 2.50 bits per heavy atom. The van der Waals surface area contributed by atoms with Crippen molar-refractivity contribution in [2.24, 2.45) is 17.6 Å². The van der Waals surface area contributed by atoms with E-state index in [1.165, 1.54) is 25.9 Å². The van der Waals surface area contributed by atoms with Gasteiger partial charge in [-0.25, -0.2) is 0 Å². The third kappa shape index (κ3) is 5.36. The molecule has 0 aromatic rings. The Hall–Kier alpha value is -0.610. The lowest BCUT2D eigenvalue weighted by atomic mass is 9.96. The van der Waals surface area contributed by atoms with Gasteiger partial charge in [0.15, 0.2) is 0 Å². The van der Waals surface area contributed by atoms with Crippen molar-refractivity contribution in [2.45, 2.75) is 46.1 Å². The summed E-state index contributed by atoms with van der Waals surface area (Å²) < 4.78 is 0. The van der Waals surface area contributed by atoms with E-state index in [9.17, 15) is 4.79 Å². The van der Waals surface area contributed by atoms with Gasteiger partial charge in [-0.1, -0.05) is 20.8 Å². The summed E-state index contributed by atoms with van der Waals surface area (Å²) >= 11 is 0. The first-order valence-electron chi connectivity index (χ1n) is 7.27. The number of rotatable bonds is 6. The predicted octanol–water partition coefficient (Wildman–Crippen LogP) is 1.21. The van der Waals surface area contributed by atoms with Crippen molar-refractivity contribution < 1.29 is 4.79 Å². The Kier molecular flexibility index (Phi) is 6.65. The number of amides is 1. The third-order valence-electron chi connectivity index (χ3n) is 4.02. The maximum Gasteiger partial charge on any atom is 0.221 e. The highest BCUT2D eigenvalue weighted by molar-refractivity contribution is 5.76. The molecule has 18 heavy (non-hydrogen) atoms. The minimum Gasteiger partial charge on any atom is -0.356 e. The summed E-state index contributed by atoms with van der Waals surface area (Å²) in [4.78, 5) is 14.2. The van der Waals surface area contributed by atoms with Crippen LogP contribution in [0.25, 0.3) is 0 Å². The number of nitrogens with zero attached hydrogens (tertiary/aromatic N) is 1. The quantitative estimate of drug-likeness (QED) is 0.750. The zero-order valence-corrected chi connectivity index (χ0v) is 12.1. The minimum atomic E-state index is -0.0214. The third-order valence-corrected chi connectivity index (χ3v) is 4.02. The highest BCUT2D eigenvalue weighted by atomic mass is 16.1. The topological polar surface area (TPSA) is 58.4 Å². The molecule has 0 aliphatic carbocycles. The van der Waals surface area contributed by atoms with Crippen LogP contribution in [-0.2, 0) is 4.79 Å². The Labute approximate surface area is 111 Å². The first-order chi connectivity index (χ1) is 8.52. The first-order valence-corrected chi connectivity index (χ1v) is 7.27. The molecule has 0 spiro atoms. The fourth-order valence-corrected chi connectivity index (χ4v) is 2.29. The van der Waals surface area contributed by atoms with E-state index >= 15 is 0 Å². The average molecular weight is 255 g/mol. The number of piperidine rings is 1. The maximum absolute atomic E-state index is 11.7. The summed E-state index contributed by atoms with van der Waals surface area (Å²) in [7, 11) is 0. The molecule has 1 unspecified atom stereocenters. The molecular formula is C14H29N3O. The van der Waals surface area contributed by atoms with Gasteiger partial charge in [-0.2, -0.15) is 0 Å². The predicted molar refractivity (Wildman–Crippen MR) is 75.3 cm³/mol. The molecule has 0 bridgehead atoms. The smallest absolute Gasteiger partial charge is 0.221 e. The maximum atomic E-state index is 11.7. The summed E-state index contributed by atoms with van der Waals surface area (Å²) in [6, 6.07) is -0.0214. The van der Waals surface area contributed by atoms with Crippen molar-refractivity contribution in [3.05, 3.63) is 0 Å². The highest BCUT2D eigenvalue weighted by Gasteiger charge is 2.19. The zero-order chi connectivity index (χ0) is 13.5. The number of nitrogens with two attached hydrogens (primary N) is 1. The second-order valence-electron chi connectivity index (χ2n) is 5.79. The molecule has 0 aromatic heterocycles. The molecule has 0 saturated carbocycles. The van der Waals surface area contributed by atoms with Crippen LogP contribution >= 0.6 is 0 Å². The molecule has 1 atom stereocenters. The van der Waals surface area contributed by atoms with Crippen LogP contribution in [0.4, 0.5) is 0 Å². The second-order valence-corrected chi connectivity index (χ2v) is 5.79. The molecule has 1 amide bonds. The van der Waals surface area contributed by atoms with Crippen LogP contribution in [-0.4, -0.2) is 43.0 Å². The molecule has 0 radical (unpaired) electrons. The molecule has 1 fully saturated rings. The second kappa shape index (κ2) is 7.74. The van der Waals surface area contributed by atoms with Crippen molar-refractivity contribution in [1.29, 1.82) is 0 Å². The monoisotopic (exact) mass is 255 g/mol. The summed E-state index contributed by atoms with van der Waals surface area (Å²) in [5, 5.41) is 3.03. The summed E-state index contributed by atoms with van der Waals surface area (Å²) in [6.07, 6.45) is 2.85. The van der Waals surface area contributed by atoms with Crippen LogP contribution in [0.3, 0.4) is 0 Å². The van der Waals surface area contributed by atoms with Gasteiger partial charge in [0, 0.05) is 19.0 Å². The van der Waals surface area contributed by atoms with Crippen LogP contribution < -0.4 is 11.1 Å². The summed E-state index contributed by atoms with van der Waals surface area (Å²) in [6.45, 7) is 10.6. The number of hydrogen-bond donors (Lipinski definition) is 2. The lowest BCUT2D eigenvalue weighted by Crippen LogP contribution is -2.40. The number of hydrogen-bond acceptors (Lipinski definition) is 3. The zero-order valence-electron chi connectivity index (χ0n) is 12.1. The standard InChI is InChI=1S/C14H29N3O/c1-4-17-7-5-12(6-8-17)10-16-14(18)9-13(15)11(2)3/h11-13H,4-10,15H2,1-3H3,(H,16,18). The fraction of sp³-hybridized carbons (Fsp3) is 0.929. The van der Waals surface area contributed by atoms with E-state index in [1.807, 2.05) is 0 Å². The number of likely N-dealkylation sites (tertiary alicyclic amines) is 1. The molecule has 4 nitrogen and oxygen atoms in total. The molecule has 1 saturated heterocycles. The summed E-state index contributed by atoms with van der Waals surface area (Å²) in [5.74, 6) is 1.12. The summed E-state index contributed by atoms with van der Waals surface area (Å²) in [5.41, 5.74) is 5.89. The molecule has 1 aliphatic rings. The molecule has 1 heterocycles. The largest absolute Gasteiger partial charge is 0.356 e. The lowest BCUT2D eigenvalue weighted by Gasteiger charge is -2.31. The van der Waals surface area contributed by atoms with E-state index in [2.05, 4.69) is 31.0 Å². The van der Waals surface area contributed by atoms with Gasteiger partial charge >= 0.3 is 0 Å². The SMILES string of the molecule is CCN1CCC(CNC(=O)CC(N)C(C)C)CC1. The van der Waals surface area contributed by atoms with E-state index < -0.39 is 0 Å². The van der Waals surface area contributed by atoms with Crippen molar-refractivity contribution in [2.75, 3.05) is 26.2 Å². The number of carbonyl (C=O) groups excluding carboxylic acids is 1. The molecule has 4 heteroatoms. The van der Waals surface area contributed by atoms with Gasteiger partial charge in [-0.05, 0) is 44.3 Å². The van der Waals surface area contributed by atoms with Gasteiger partial charge in [0.25, 0.3) is 0 Å². The fourth-order valence-electron chi connectivity index (χ4n) is 2.29. The van der Waals surface area contributed by atoms with Crippen LogP contribution in [0.1, 0.15) is 40.0 Å². The highest BCUT2D eigenvalue weighted by Crippen LogP contribution is 2.15. The van der Waals surface area contributed by atoms with Gasteiger partial charge in [0.2, 0.25) is 5.91 Å². The van der Waals surface area contributed by atoms with Gasteiger partial charge in [-0.15, -0.1) is 0 Å². The lowest BCUT2D eigenvalue weighted by molar-refractivity contribution is -0.121. The molecule has 106 valence electrons. The van der Waals surface area contributed by atoms with E-state index in [-0.39, 0.29) is 11.9 Å². The van der Waals surface area contributed by atoms with Crippen LogP contribution in [0.15, 0.2) is 0 Å². The van der Waals surface area contributed by atoms with E-state index in [0.717, 1.165) is 13.1 Å². The van der Waals surface area contributed by atoms with Gasteiger partial charge in [0.1, 0.15) is 0 Å². The molecule has 0 aromatic carbocycles. The van der Waals surface area contributed by atoms with Crippen molar-refractivity contribution in [3.8, 4) is 0 Å². The number of nitrogens with one attached hydrogen (secondary N) is 1. The van der Waals surface area contributed by atoms with Crippen LogP contribution in [0.5, 0.6) is 0 Å². The Balaban J connectivity index is 2.15. The first kappa shape index (κ1) is 15.4. The van der Waals surface area contributed by atoms with Crippen LogP contribution in [0, 0.1) is 11.8 Å². The molecular weight excluding hydrogens is 226 g/mol. The normalized spacial score (nSPS) is 20.1. The van der Waals surface area contributed by atoms with Gasteiger partial charge < -0.3 is 16.0 Å². The Bertz CT molecular complexity index is 247. The van der Waals surface area contributed by atoms with Crippen molar-refractivity contribution in [3.63, 3.8) is 0 Å². The van der Waals surface area contributed by atoms with E-state index in [1.54, 1.807) is 0 Å². The van der Waals surface area contributed by atoms with Crippen LogP contribution in [0.2, 0.25) is 0 Å². The van der Waals surface area contributed by atoms with E-state index in [0.29, 0.717) is 18.3 Å². The number of carbonyl (C=O) groups is 1. The Morgan fingerprint density at radius 1 is 1.39 bits per heavy atom. The van der Waals surface area contributed by atoms with Gasteiger partial charge in [0.05, 0.1) is 0 Å². The molecule has 3 N–H and O–H groups in total. The molecule has 1 rings (SSSR count). The Morgan fingerprint density at radius 2 is 2.00 bits per heavy atom. The van der Waals surface area contributed by atoms with Crippen molar-refractivity contribution in [1.82, 2.24) is 10.2 Å². The van der Waals surface area contributed by atoms with Gasteiger partial charge in [-0.3, -0.25) is 4.79 Å². The van der Waals surface area contributed by atoms with E-state index in [4.69, 9.17) is 5.73 Å². The average Bonchev–Trinajstić information content (AvgIpc) is 2.36. The van der Waals surface area contributed by atoms with Crippen molar-refractivity contribution >= 4 is 5.91 Å². The molecule has 1 aliphatic heterocycles.